The van der Waals surface area contributed by atoms with Gasteiger partial charge in [-0.3, -0.25) is 9.40 Å². The van der Waals surface area contributed by atoms with Crippen LogP contribution in [-0.4, -0.2) is 22.8 Å². The van der Waals surface area contributed by atoms with E-state index in [1.807, 2.05) is 36.4 Å². The molecule has 2 heterocycles. The second kappa shape index (κ2) is 8.55. The predicted molar refractivity (Wildman–Crippen MR) is 120 cm³/mol. The van der Waals surface area contributed by atoms with Crippen molar-refractivity contribution in [1.29, 1.82) is 0 Å². The van der Waals surface area contributed by atoms with Gasteiger partial charge >= 0.3 is 6.03 Å². The van der Waals surface area contributed by atoms with E-state index in [1.165, 1.54) is 17.7 Å². The number of benzene rings is 2. The molecule has 1 unspecified atom stereocenters. The van der Waals surface area contributed by atoms with Crippen LogP contribution < -0.4 is 0 Å². The van der Waals surface area contributed by atoms with Gasteiger partial charge in [0.05, 0.1) is 18.3 Å². The van der Waals surface area contributed by atoms with E-state index in [4.69, 9.17) is 16.4 Å². The van der Waals surface area contributed by atoms with Gasteiger partial charge in [-0.1, -0.05) is 67.1 Å². The van der Waals surface area contributed by atoms with E-state index < -0.39 is 5.54 Å². The minimum absolute atomic E-state index is 0.210. The number of fused-ring (bicyclic) bond motifs is 3. The fourth-order valence-corrected chi connectivity index (χ4v) is 4.37. The number of rotatable bonds is 6. The Bertz CT molecular complexity index is 1130. The molecule has 0 saturated carbocycles. The van der Waals surface area contributed by atoms with Crippen LogP contribution in [0.2, 0.25) is 5.02 Å². The van der Waals surface area contributed by atoms with Crippen molar-refractivity contribution < 1.29 is 9.63 Å². The molecule has 0 spiro atoms. The molecule has 1 atom stereocenters. The number of carbonyl (C=O) groups is 1. The van der Waals surface area contributed by atoms with E-state index in [2.05, 4.69) is 30.9 Å². The van der Waals surface area contributed by atoms with Crippen molar-refractivity contribution >= 4 is 28.5 Å². The highest BCUT2D eigenvalue weighted by molar-refractivity contribution is 6.31. The Kier molecular flexibility index (Phi) is 5.85. The molecular weight excluding hydrogens is 396 g/mol. The topological polar surface area (TPSA) is 34.5 Å². The molecule has 0 N–H and O–H groups in total. The van der Waals surface area contributed by atoms with Crippen molar-refractivity contribution in [3.05, 3.63) is 70.9 Å². The quantitative estimate of drug-likeness (QED) is 0.447. The summed E-state index contributed by atoms with van der Waals surface area (Å²) >= 11 is 6.19. The van der Waals surface area contributed by atoms with Crippen LogP contribution in [0.4, 0.5) is 4.79 Å². The Morgan fingerprint density at radius 1 is 1.13 bits per heavy atom. The van der Waals surface area contributed by atoms with Crippen molar-refractivity contribution in [3.63, 3.8) is 0 Å². The number of aromatic nitrogens is 1. The van der Waals surface area contributed by atoms with Gasteiger partial charge in [-0.25, -0.2) is 4.79 Å². The average Bonchev–Trinajstić information content (AvgIpc) is 3.23. The minimum atomic E-state index is -0.802. The smallest absolute Gasteiger partial charge is 0.271 e. The van der Waals surface area contributed by atoms with Crippen molar-refractivity contribution in [2.45, 2.75) is 44.6 Å². The van der Waals surface area contributed by atoms with Gasteiger partial charge in [0, 0.05) is 16.8 Å². The van der Waals surface area contributed by atoms with Crippen LogP contribution in [0.15, 0.2) is 54.6 Å². The highest BCUT2D eigenvalue weighted by Crippen LogP contribution is 2.43. The van der Waals surface area contributed by atoms with Gasteiger partial charge in [-0.15, -0.1) is 0 Å². The number of hydrogen-bond acceptors (Lipinski definition) is 2. The van der Waals surface area contributed by atoms with Crippen molar-refractivity contribution in [3.8, 4) is 11.8 Å². The second-order valence-corrected chi connectivity index (χ2v) is 8.02. The number of aryl methyl sites for hydroxylation is 1. The Labute approximate surface area is 182 Å². The van der Waals surface area contributed by atoms with Crippen LogP contribution in [-0.2, 0) is 16.8 Å². The molecule has 30 heavy (non-hydrogen) atoms. The molecule has 1 amide bonds. The minimum Gasteiger partial charge on any atom is -0.271 e. The number of hydrogen-bond donors (Lipinski definition) is 0. The zero-order valence-electron chi connectivity index (χ0n) is 17.3. The van der Waals surface area contributed by atoms with Gasteiger partial charge in [-0.2, -0.15) is 5.06 Å². The van der Waals surface area contributed by atoms with Gasteiger partial charge in [0.25, 0.3) is 0 Å². The Balaban J connectivity index is 1.76. The van der Waals surface area contributed by atoms with E-state index in [0.717, 1.165) is 42.3 Å². The van der Waals surface area contributed by atoms with Gasteiger partial charge in [-0.05, 0) is 49.1 Å². The van der Waals surface area contributed by atoms with Crippen molar-refractivity contribution in [2.24, 2.45) is 0 Å². The molecule has 1 aliphatic rings. The summed E-state index contributed by atoms with van der Waals surface area (Å²) in [5.41, 5.74) is 2.13. The number of hydroxylamine groups is 2. The number of unbranched alkanes of at least 4 members (excludes halogenated alkanes) is 1. The van der Waals surface area contributed by atoms with E-state index in [9.17, 15) is 4.79 Å². The monoisotopic (exact) mass is 420 g/mol. The first-order valence-electron chi connectivity index (χ1n) is 10.3. The third-order valence-corrected chi connectivity index (χ3v) is 5.89. The van der Waals surface area contributed by atoms with Crippen LogP contribution in [0.25, 0.3) is 10.9 Å². The van der Waals surface area contributed by atoms with Gasteiger partial charge in [0.1, 0.15) is 0 Å². The molecule has 154 valence electrons. The van der Waals surface area contributed by atoms with Crippen molar-refractivity contribution in [1.82, 2.24) is 9.63 Å². The summed E-state index contributed by atoms with van der Waals surface area (Å²) in [6.45, 7) is 2.14. The SMILES string of the molecule is CCCCC1(C#CCCc2ccccc2)c2cc3cc(Cl)ccc3n2C(=O)N1OC. The summed E-state index contributed by atoms with van der Waals surface area (Å²) in [6.07, 6.45) is 4.24. The maximum atomic E-state index is 13.3. The summed E-state index contributed by atoms with van der Waals surface area (Å²) in [4.78, 5) is 18.9. The molecule has 1 aromatic heterocycles. The predicted octanol–water partition coefficient (Wildman–Crippen LogP) is 6.16. The normalized spacial score (nSPS) is 17.8. The average molecular weight is 421 g/mol. The number of nitrogens with zero attached hydrogens (tertiary/aromatic N) is 2. The zero-order chi connectivity index (χ0) is 21.1. The molecule has 0 saturated heterocycles. The lowest BCUT2D eigenvalue weighted by molar-refractivity contribution is -0.134. The highest BCUT2D eigenvalue weighted by atomic mass is 35.5. The largest absolute Gasteiger partial charge is 0.354 e. The fourth-order valence-electron chi connectivity index (χ4n) is 4.19. The molecule has 4 rings (SSSR count). The lowest BCUT2D eigenvalue weighted by Gasteiger charge is -2.31. The number of amides is 1. The second-order valence-electron chi connectivity index (χ2n) is 7.58. The lowest BCUT2D eigenvalue weighted by Crippen LogP contribution is -2.42. The molecule has 0 aliphatic carbocycles. The summed E-state index contributed by atoms with van der Waals surface area (Å²) in [5.74, 6) is 6.78. The van der Waals surface area contributed by atoms with E-state index in [0.29, 0.717) is 11.4 Å². The molecular formula is C25H25ClN2O2. The molecule has 1 aliphatic heterocycles. The number of halogens is 1. The lowest BCUT2D eigenvalue weighted by atomic mass is 9.89. The highest BCUT2D eigenvalue weighted by Gasteiger charge is 2.50. The Hall–Kier alpha value is -2.74. The molecule has 2 aromatic carbocycles. The van der Waals surface area contributed by atoms with Gasteiger partial charge in [0.2, 0.25) is 0 Å². The molecule has 0 radical (unpaired) electrons. The number of carbonyl (C=O) groups excluding carboxylic acids is 1. The van der Waals surface area contributed by atoms with Gasteiger partial charge in [0.15, 0.2) is 5.54 Å². The van der Waals surface area contributed by atoms with Crippen LogP contribution in [0.1, 0.15) is 43.9 Å². The molecule has 5 heteroatoms. The first kappa shape index (κ1) is 20.5. The van der Waals surface area contributed by atoms with E-state index >= 15 is 0 Å². The summed E-state index contributed by atoms with van der Waals surface area (Å²) in [7, 11) is 1.54. The third kappa shape index (κ3) is 3.49. The standard InChI is InChI=1S/C25H25ClN2O2/c1-3-4-15-25(16-9-8-12-19-10-6-5-7-11-19)23-18-20-17-21(26)13-14-22(20)27(23)24(29)28(25)30-2/h5-7,10-11,13-14,17-18H,3-4,8,12,15H2,1-2H3. The molecule has 4 nitrogen and oxygen atoms in total. The van der Waals surface area contributed by atoms with E-state index in [1.54, 1.807) is 10.6 Å². The summed E-state index contributed by atoms with van der Waals surface area (Å²) in [6, 6.07) is 17.7. The fraction of sp³-hybridized carbons (Fsp3) is 0.320. The molecule has 0 bridgehead atoms. The Morgan fingerprint density at radius 2 is 1.93 bits per heavy atom. The maximum absolute atomic E-state index is 13.3. The summed E-state index contributed by atoms with van der Waals surface area (Å²) in [5, 5.41) is 3.03. The first-order valence-corrected chi connectivity index (χ1v) is 10.7. The summed E-state index contributed by atoms with van der Waals surface area (Å²) < 4.78 is 1.72. The van der Waals surface area contributed by atoms with E-state index in [-0.39, 0.29) is 6.03 Å². The maximum Gasteiger partial charge on any atom is 0.354 e. The molecule has 3 aromatic rings. The van der Waals surface area contributed by atoms with Crippen LogP contribution in [0, 0.1) is 11.8 Å². The van der Waals surface area contributed by atoms with Crippen molar-refractivity contribution in [2.75, 3.05) is 7.11 Å². The van der Waals surface area contributed by atoms with Crippen LogP contribution in [0.3, 0.4) is 0 Å². The van der Waals surface area contributed by atoms with Crippen LogP contribution in [0.5, 0.6) is 0 Å². The Morgan fingerprint density at radius 3 is 2.67 bits per heavy atom. The first-order chi connectivity index (χ1) is 14.6. The van der Waals surface area contributed by atoms with Crippen LogP contribution >= 0.6 is 11.6 Å². The molecule has 0 fully saturated rings. The third-order valence-electron chi connectivity index (χ3n) is 5.65. The van der Waals surface area contributed by atoms with Gasteiger partial charge < -0.3 is 0 Å². The zero-order valence-corrected chi connectivity index (χ0v) is 18.1.